The second-order valence-electron chi connectivity index (χ2n) is 3.85. The summed E-state index contributed by atoms with van der Waals surface area (Å²) in [6.45, 7) is 0. The fraction of sp³-hybridized carbons (Fsp3) is 0.0833. The molecule has 2 N–H and O–H groups in total. The van der Waals surface area contributed by atoms with Gasteiger partial charge in [0.25, 0.3) is 10.0 Å². The zero-order valence-corrected chi connectivity index (χ0v) is 12.4. The fourth-order valence-corrected chi connectivity index (χ4v) is 4.01. The number of hydrogen-bond acceptors (Lipinski definition) is 4. The fourth-order valence-electron chi connectivity index (χ4n) is 1.59. The third-order valence-corrected chi connectivity index (χ3v) is 5.66. The molecule has 5 nitrogen and oxygen atoms in total. The number of carbonyl (C=O) groups is 1. The average Bonchev–Trinajstić information content (AvgIpc) is 2.91. The largest absolute Gasteiger partial charge is 0.480 e. The summed E-state index contributed by atoms with van der Waals surface area (Å²) in [5.41, 5.74) is 0.196. The molecule has 0 aliphatic rings. The molecule has 0 aliphatic carbocycles. The van der Waals surface area contributed by atoms with Crippen molar-refractivity contribution in [1.29, 1.82) is 0 Å². The molecule has 0 spiro atoms. The van der Waals surface area contributed by atoms with Crippen molar-refractivity contribution in [3.05, 3.63) is 52.4 Å². The van der Waals surface area contributed by atoms with E-state index in [-0.39, 0.29) is 14.8 Å². The van der Waals surface area contributed by atoms with Crippen LogP contribution in [0.3, 0.4) is 0 Å². The Bertz CT molecular complexity index is 713. The maximum absolute atomic E-state index is 12.1. The Kier molecular flexibility index (Phi) is 4.44. The van der Waals surface area contributed by atoms with E-state index in [2.05, 4.69) is 4.72 Å². The molecule has 2 rings (SSSR count). The Morgan fingerprint density at radius 1 is 1.25 bits per heavy atom. The number of aliphatic carboxylic acids is 1. The summed E-state index contributed by atoms with van der Waals surface area (Å²) in [6, 6.07) is 7.75. The van der Waals surface area contributed by atoms with E-state index in [0.29, 0.717) is 0 Å². The molecule has 0 amide bonds. The summed E-state index contributed by atoms with van der Waals surface area (Å²) in [7, 11) is -3.90. The maximum atomic E-state index is 12.1. The smallest absolute Gasteiger partial charge is 0.326 e. The summed E-state index contributed by atoms with van der Waals surface area (Å²) >= 11 is 6.93. The zero-order chi connectivity index (χ0) is 14.8. The third-order valence-electron chi connectivity index (χ3n) is 2.50. The highest BCUT2D eigenvalue weighted by atomic mass is 35.5. The molecular weight excluding hydrogens is 322 g/mol. The van der Waals surface area contributed by atoms with Gasteiger partial charge in [-0.15, -0.1) is 11.3 Å². The summed E-state index contributed by atoms with van der Waals surface area (Å²) in [4.78, 5) is 11.3. The predicted molar refractivity (Wildman–Crippen MR) is 76.5 cm³/mol. The first-order chi connectivity index (χ1) is 9.42. The molecule has 0 aliphatic heterocycles. The van der Waals surface area contributed by atoms with E-state index in [9.17, 15) is 18.3 Å². The van der Waals surface area contributed by atoms with Crippen molar-refractivity contribution in [2.75, 3.05) is 0 Å². The molecule has 1 heterocycles. The van der Waals surface area contributed by atoms with Crippen LogP contribution in [0.15, 0.2) is 46.0 Å². The third kappa shape index (κ3) is 3.18. The van der Waals surface area contributed by atoms with Gasteiger partial charge in [0, 0.05) is 5.02 Å². The van der Waals surface area contributed by atoms with E-state index in [0.717, 1.165) is 11.3 Å². The first kappa shape index (κ1) is 15.0. The number of halogens is 1. The number of carboxylic acid groups (broad SMARTS) is 1. The molecule has 0 saturated heterocycles. The molecule has 0 unspecified atom stereocenters. The Hall–Kier alpha value is -1.41. The van der Waals surface area contributed by atoms with Gasteiger partial charge in [-0.3, -0.25) is 4.79 Å². The summed E-state index contributed by atoms with van der Waals surface area (Å²) < 4.78 is 26.4. The summed E-state index contributed by atoms with van der Waals surface area (Å²) in [5.74, 6) is -1.32. The molecule has 0 saturated carbocycles. The highest BCUT2D eigenvalue weighted by molar-refractivity contribution is 7.91. The highest BCUT2D eigenvalue weighted by Crippen LogP contribution is 2.25. The van der Waals surface area contributed by atoms with Gasteiger partial charge in [-0.1, -0.05) is 35.9 Å². The minimum absolute atomic E-state index is 0.0517. The SMILES string of the molecule is O=C(O)[C@H](NS(=O)(=O)c1cccs1)c1ccccc1Cl. The van der Waals surface area contributed by atoms with E-state index in [1.807, 2.05) is 0 Å². The lowest BCUT2D eigenvalue weighted by Gasteiger charge is -2.15. The quantitative estimate of drug-likeness (QED) is 0.881. The summed E-state index contributed by atoms with van der Waals surface area (Å²) in [5, 5.41) is 11.0. The van der Waals surface area contributed by atoms with E-state index in [1.54, 1.807) is 23.6 Å². The lowest BCUT2D eigenvalue weighted by atomic mass is 10.1. The van der Waals surface area contributed by atoms with Crippen LogP contribution < -0.4 is 4.72 Å². The van der Waals surface area contributed by atoms with Crippen LogP contribution in [0, 0.1) is 0 Å². The molecule has 0 fully saturated rings. The van der Waals surface area contributed by atoms with Gasteiger partial charge in [-0.05, 0) is 23.1 Å². The molecule has 0 radical (unpaired) electrons. The zero-order valence-electron chi connectivity index (χ0n) is 9.99. The number of sulfonamides is 1. The Labute approximate surface area is 124 Å². The average molecular weight is 332 g/mol. The van der Waals surface area contributed by atoms with Crippen LogP contribution in [0.25, 0.3) is 0 Å². The van der Waals surface area contributed by atoms with Crippen molar-refractivity contribution >= 4 is 38.9 Å². The van der Waals surface area contributed by atoms with E-state index < -0.39 is 22.0 Å². The van der Waals surface area contributed by atoms with E-state index >= 15 is 0 Å². The van der Waals surface area contributed by atoms with E-state index in [1.165, 1.54) is 18.2 Å². The minimum atomic E-state index is -3.90. The molecule has 8 heteroatoms. The number of thiophene rings is 1. The van der Waals surface area contributed by atoms with Crippen LogP contribution in [0.2, 0.25) is 5.02 Å². The van der Waals surface area contributed by atoms with Gasteiger partial charge in [0.05, 0.1) is 0 Å². The Morgan fingerprint density at radius 3 is 2.50 bits per heavy atom. The topological polar surface area (TPSA) is 83.5 Å². The number of hydrogen-bond donors (Lipinski definition) is 2. The summed E-state index contributed by atoms with van der Waals surface area (Å²) in [6.07, 6.45) is 0. The minimum Gasteiger partial charge on any atom is -0.480 e. The van der Waals surface area contributed by atoms with Crippen LogP contribution in [0.5, 0.6) is 0 Å². The lowest BCUT2D eigenvalue weighted by molar-refractivity contribution is -0.139. The molecule has 0 bridgehead atoms. The van der Waals surface area contributed by atoms with Crippen molar-refractivity contribution in [3.8, 4) is 0 Å². The monoisotopic (exact) mass is 331 g/mol. The molecule has 2 aromatic rings. The van der Waals surface area contributed by atoms with Crippen molar-refractivity contribution in [1.82, 2.24) is 4.72 Å². The molecule has 1 aromatic heterocycles. The van der Waals surface area contributed by atoms with Crippen molar-refractivity contribution < 1.29 is 18.3 Å². The Balaban J connectivity index is 2.37. The highest BCUT2D eigenvalue weighted by Gasteiger charge is 2.28. The second-order valence-corrected chi connectivity index (χ2v) is 7.14. The molecule has 106 valence electrons. The second kappa shape index (κ2) is 5.92. The lowest BCUT2D eigenvalue weighted by Crippen LogP contribution is -2.33. The maximum Gasteiger partial charge on any atom is 0.326 e. The van der Waals surface area contributed by atoms with Gasteiger partial charge >= 0.3 is 5.97 Å². The van der Waals surface area contributed by atoms with Gasteiger partial charge in [0.2, 0.25) is 0 Å². The van der Waals surface area contributed by atoms with Crippen LogP contribution in [-0.4, -0.2) is 19.5 Å². The standard InChI is InChI=1S/C12H10ClNO4S2/c13-9-5-2-1-4-8(9)11(12(15)16)14-20(17,18)10-6-3-7-19-10/h1-7,11,14H,(H,15,16)/t11-/m1/s1. The van der Waals surface area contributed by atoms with Gasteiger partial charge in [-0.25, -0.2) is 8.42 Å². The normalized spacial score (nSPS) is 13.1. The van der Waals surface area contributed by atoms with Crippen LogP contribution in [-0.2, 0) is 14.8 Å². The first-order valence-electron chi connectivity index (χ1n) is 5.45. The molecular formula is C12H10ClNO4S2. The first-order valence-corrected chi connectivity index (χ1v) is 8.19. The Morgan fingerprint density at radius 2 is 1.95 bits per heavy atom. The van der Waals surface area contributed by atoms with E-state index in [4.69, 9.17) is 11.6 Å². The number of rotatable bonds is 5. The van der Waals surface area contributed by atoms with Gasteiger partial charge in [-0.2, -0.15) is 4.72 Å². The van der Waals surface area contributed by atoms with Crippen LogP contribution in [0.1, 0.15) is 11.6 Å². The van der Waals surface area contributed by atoms with Crippen molar-refractivity contribution in [3.63, 3.8) is 0 Å². The van der Waals surface area contributed by atoms with Crippen LogP contribution >= 0.6 is 22.9 Å². The van der Waals surface area contributed by atoms with Gasteiger partial charge in [0.1, 0.15) is 10.3 Å². The predicted octanol–water partition coefficient (Wildman–Crippen LogP) is 2.51. The molecule has 20 heavy (non-hydrogen) atoms. The van der Waals surface area contributed by atoms with Gasteiger partial charge < -0.3 is 5.11 Å². The van der Waals surface area contributed by atoms with Crippen molar-refractivity contribution in [2.24, 2.45) is 0 Å². The van der Waals surface area contributed by atoms with Crippen molar-refractivity contribution in [2.45, 2.75) is 10.3 Å². The molecule has 1 aromatic carbocycles. The number of benzene rings is 1. The number of carboxylic acids is 1. The van der Waals surface area contributed by atoms with Crippen LogP contribution in [0.4, 0.5) is 0 Å². The molecule has 1 atom stereocenters. The van der Waals surface area contributed by atoms with Gasteiger partial charge in [0.15, 0.2) is 0 Å². The number of nitrogens with one attached hydrogen (secondary N) is 1.